The van der Waals surface area contributed by atoms with E-state index >= 15 is 0 Å². The molecule has 3 rings (SSSR count). The SMILES string of the molecule is COc1ccc(CCC(N)CC2CC3CCC2C3)cc1. The Labute approximate surface area is 122 Å². The molecule has 0 aliphatic heterocycles. The number of aryl methyl sites for hydroxylation is 1. The molecule has 2 bridgehead atoms. The highest BCUT2D eigenvalue weighted by molar-refractivity contribution is 5.27. The predicted octanol–water partition coefficient (Wildman–Crippen LogP) is 3.78. The van der Waals surface area contributed by atoms with Gasteiger partial charge in [-0.25, -0.2) is 0 Å². The van der Waals surface area contributed by atoms with Gasteiger partial charge in [-0.15, -0.1) is 0 Å². The zero-order valence-electron chi connectivity index (χ0n) is 12.6. The van der Waals surface area contributed by atoms with E-state index in [0.717, 1.165) is 36.3 Å². The van der Waals surface area contributed by atoms with Crippen molar-refractivity contribution in [2.75, 3.05) is 7.11 Å². The fourth-order valence-corrected chi connectivity index (χ4v) is 4.32. The van der Waals surface area contributed by atoms with Crippen molar-refractivity contribution in [2.45, 2.75) is 51.0 Å². The van der Waals surface area contributed by atoms with E-state index in [0.29, 0.717) is 6.04 Å². The van der Waals surface area contributed by atoms with E-state index < -0.39 is 0 Å². The third-order valence-corrected chi connectivity index (χ3v) is 5.45. The van der Waals surface area contributed by atoms with Gasteiger partial charge in [-0.3, -0.25) is 0 Å². The van der Waals surface area contributed by atoms with Crippen LogP contribution in [-0.2, 0) is 6.42 Å². The summed E-state index contributed by atoms with van der Waals surface area (Å²) in [6, 6.07) is 8.76. The summed E-state index contributed by atoms with van der Waals surface area (Å²) in [5.74, 6) is 3.91. The highest BCUT2D eigenvalue weighted by Gasteiger charge is 2.39. The molecule has 0 spiro atoms. The first-order valence-corrected chi connectivity index (χ1v) is 8.13. The van der Waals surface area contributed by atoms with Gasteiger partial charge in [0.1, 0.15) is 5.75 Å². The van der Waals surface area contributed by atoms with Crippen molar-refractivity contribution < 1.29 is 4.74 Å². The van der Waals surface area contributed by atoms with Gasteiger partial charge in [0, 0.05) is 6.04 Å². The quantitative estimate of drug-likeness (QED) is 0.856. The van der Waals surface area contributed by atoms with Crippen molar-refractivity contribution in [3.8, 4) is 5.75 Å². The minimum atomic E-state index is 0.376. The molecule has 2 nitrogen and oxygen atoms in total. The highest BCUT2D eigenvalue weighted by Crippen LogP contribution is 2.49. The van der Waals surface area contributed by atoms with Crippen molar-refractivity contribution in [1.82, 2.24) is 0 Å². The minimum Gasteiger partial charge on any atom is -0.497 e. The number of benzene rings is 1. The Morgan fingerprint density at radius 1 is 1.20 bits per heavy atom. The zero-order chi connectivity index (χ0) is 13.9. The molecule has 2 N–H and O–H groups in total. The van der Waals surface area contributed by atoms with Gasteiger partial charge in [0.2, 0.25) is 0 Å². The number of nitrogens with two attached hydrogens (primary N) is 1. The molecule has 0 saturated heterocycles. The Hall–Kier alpha value is -1.02. The summed E-state index contributed by atoms with van der Waals surface area (Å²) in [5.41, 5.74) is 7.73. The molecule has 0 heterocycles. The van der Waals surface area contributed by atoms with Crippen molar-refractivity contribution in [1.29, 1.82) is 0 Å². The first kappa shape index (κ1) is 13.9. The zero-order valence-corrected chi connectivity index (χ0v) is 12.6. The van der Waals surface area contributed by atoms with E-state index in [2.05, 4.69) is 12.1 Å². The van der Waals surface area contributed by atoms with Gasteiger partial charge in [0.25, 0.3) is 0 Å². The summed E-state index contributed by atoms with van der Waals surface area (Å²) in [6.07, 6.45) is 9.36. The first-order valence-electron chi connectivity index (χ1n) is 8.13. The molecule has 2 aliphatic rings. The number of fused-ring (bicyclic) bond motifs is 2. The topological polar surface area (TPSA) is 35.2 Å². The maximum atomic E-state index is 6.36. The van der Waals surface area contributed by atoms with Crippen LogP contribution >= 0.6 is 0 Å². The summed E-state index contributed by atoms with van der Waals surface area (Å²) in [7, 11) is 1.71. The van der Waals surface area contributed by atoms with Crippen LogP contribution < -0.4 is 10.5 Å². The second kappa shape index (κ2) is 6.17. The fourth-order valence-electron chi connectivity index (χ4n) is 4.32. The van der Waals surface area contributed by atoms with E-state index in [1.54, 1.807) is 7.11 Å². The molecule has 1 aromatic carbocycles. The first-order chi connectivity index (χ1) is 9.74. The fraction of sp³-hybridized carbons (Fsp3) is 0.667. The lowest BCUT2D eigenvalue weighted by Gasteiger charge is -2.24. The van der Waals surface area contributed by atoms with Gasteiger partial charge in [-0.1, -0.05) is 18.6 Å². The molecular formula is C18H27NO. The van der Waals surface area contributed by atoms with Crippen LogP contribution in [-0.4, -0.2) is 13.2 Å². The number of hydrogen-bond donors (Lipinski definition) is 1. The van der Waals surface area contributed by atoms with Gasteiger partial charge in [0.05, 0.1) is 7.11 Å². The highest BCUT2D eigenvalue weighted by atomic mass is 16.5. The molecule has 0 aromatic heterocycles. The summed E-state index contributed by atoms with van der Waals surface area (Å²) < 4.78 is 5.19. The number of hydrogen-bond acceptors (Lipinski definition) is 2. The van der Waals surface area contributed by atoms with E-state index in [4.69, 9.17) is 10.5 Å². The molecule has 4 atom stereocenters. The Bertz CT molecular complexity index is 428. The molecule has 2 saturated carbocycles. The number of rotatable bonds is 6. The second-order valence-corrected chi connectivity index (χ2v) is 6.82. The molecule has 2 fully saturated rings. The lowest BCUT2D eigenvalue weighted by Crippen LogP contribution is -2.26. The average molecular weight is 273 g/mol. The van der Waals surface area contributed by atoms with Crippen molar-refractivity contribution >= 4 is 0 Å². The molecular weight excluding hydrogens is 246 g/mol. The van der Waals surface area contributed by atoms with Crippen LogP contribution in [0.2, 0.25) is 0 Å². The van der Waals surface area contributed by atoms with Gasteiger partial charge < -0.3 is 10.5 Å². The smallest absolute Gasteiger partial charge is 0.118 e. The molecule has 2 aliphatic carbocycles. The van der Waals surface area contributed by atoms with Crippen LogP contribution in [0.4, 0.5) is 0 Å². The van der Waals surface area contributed by atoms with Crippen molar-refractivity contribution in [3.63, 3.8) is 0 Å². The van der Waals surface area contributed by atoms with Crippen LogP contribution in [0.5, 0.6) is 5.75 Å². The standard InChI is InChI=1S/C18H27NO/c1-20-18-8-4-13(5-9-18)3-7-17(19)12-16-11-14-2-6-15(16)10-14/h4-5,8-9,14-17H,2-3,6-7,10-12,19H2,1H3. The maximum Gasteiger partial charge on any atom is 0.118 e. The Balaban J connectivity index is 1.43. The molecule has 0 amide bonds. The molecule has 110 valence electrons. The second-order valence-electron chi connectivity index (χ2n) is 6.82. The molecule has 0 radical (unpaired) electrons. The normalized spacial score (nSPS) is 29.6. The minimum absolute atomic E-state index is 0.376. The van der Waals surface area contributed by atoms with Gasteiger partial charge in [0.15, 0.2) is 0 Å². The van der Waals surface area contributed by atoms with Crippen LogP contribution in [0.15, 0.2) is 24.3 Å². The summed E-state index contributed by atoms with van der Waals surface area (Å²) in [5, 5.41) is 0. The Morgan fingerprint density at radius 3 is 2.60 bits per heavy atom. The summed E-state index contributed by atoms with van der Waals surface area (Å²) in [6.45, 7) is 0. The van der Waals surface area contributed by atoms with Crippen molar-refractivity contribution in [3.05, 3.63) is 29.8 Å². The van der Waals surface area contributed by atoms with Crippen molar-refractivity contribution in [2.24, 2.45) is 23.5 Å². The summed E-state index contributed by atoms with van der Waals surface area (Å²) >= 11 is 0. The van der Waals surface area contributed by atoms with E-state index in [-0.39, 0.29) is 0 Å². The van der Waals surface area contributed by atoms with Crippen LogP contribution in [0.1, 0.15) is 44.1 Å². The largest absolute Gasteiger partial charge is 0.497 e. The summed E-state index contributed by atoms with van der Waals surface area (Å²) in [4.78, 5) is 0. The Kier molecular flexibility index (Phi) is 4.30. The average Bonchev–Trinajstić information content (AvgIpc) is 3.08. The molecule has 2 heteroatoms. The van der Waals surface area contributed by atoms with E-state index in [1.165, 1.54) is 37.7 Å². The van der Waals surface area contributed by atoms with Gasteiger partial charge in [-0.2, -0.15) is 0 Å². The third-order valence-electron chi connectivity index (χ3n) is 5.45. The Morgan fingerprint density at radius 2 is 2.00 bits per heavy atom. The maximum absolute atomic E-state index is 6.36. The third kappa shape index (κ3) is 3.17. The predicted molar refractivity (Wildman–Crippen MR) is 82.8 cm³/mol. The van der Waals surface area contributed by atoms with E-state index in [9.17, 15) is 0 Å². The lowest BCUT2D eigenvalue weighted by atomic mass is 9.83. The molecule has 20 heavy (non-hydrogen) atoms. The molecule has 1 aromatic rings. The van der Waals surface area contributed by atoms with Crippen LogP contribution in [0.25, 0.3) is 0 Å². The number of ether oxygens (including phenoxy) is 1. The van der Waals surface area contributed by atoms with Crippen LogP contribution in [0.3, 0.4) is 0 Å². The van der Waals surface area contributed by atoms with E-state index in [1.807, 2.05) is 12.1 Å². The van der Waals surface area contributed by atoms with Crippen LogP contribution in [0, 0.1) is 17.8 Å². The lowest BCUT2D eigenvalue weighted by molar-refractivity contribution is 0.290. The number of methoxy groups -OCH3 is 1. The monoisotopic (exact) mass is 273 g/mol. The van der Waals surface area contributed by atoms with Gasteiger partial charge in [-0.05, 0) is 74.0 Å². The molecule has 4 unspecified atom stereocenters. The van der Waals surface area contributed by atoms with Gasteiger partial charge >= 0.3 is 0 Å².